The van der Waals surface area contributed by atoms with Gasteiger partial charge >= 0.3 is 19.8 Å². The lowest BCUT2D eigenvalue weighted by atomic mass is 9.97. The summed E-state index contributed by atoms with van der Waals surface area (Å²) in [4.78, 5) is 67.4. The first-order valence-corrected chi connectivity index (χ1v) is 18.0. The van der Waals surface area contributed by atoms with Crippen LogP contribution >= 0.6 is 7.82 Å². The summed E-state index contributed by atoms with van der Waals surface area (Å²) < 4.78 is 26.2. The zero-order valence-corrected chi connectivity index (χ0v) is 26.9. The Morgan fingerprint density at radius 3 is 1.84 bits per heavy atom. The second kappa shape index (κ2) is 22.3. The van der Waals surface area contributed by atoms with E-state index in [0.717, 1.165) is 121 Å². The molecule has 252 valence electrons. The van der Waals surface area contributed by atoms with Crippen LogP contribution in [0.4, 0.5) is 0 Å². The number of unbranched alkanes of at least 4 members (excludes halogenated alkanes) is 7. The number of hydrogen-bond acceptors (Lipinski definition) is 8. The molecule has 0 aliphatic heterocycles. The van der Waals surface area contributed by atoms with Gasteiger partial charge in [0.1, 0.15) is 18.2 Å². The van der Waals surface area contributed by atoms with Crippen LogP contribution in [0.1, 0.15) is 128 Å². The van der Waals surface area contributed by atoms with Crippen molar-refractivity contribution in [1.29, 1.82) is 0 Å². The van der Waals surface area contributed by atoms with Crippen LogP contribution in [0.5, 0.6) is 0 Å². The molecule has 0 bridgehead atoms. The standard InChI is InChI=1S/C31H53N2O10P/c34-28(32-23-13-5-3-1-2-4-6-14-24-41-44(38,39)40)20-21-29(35)33-27(31(37)43-26-17-11-8-12-18-26)19-22-30(36)42-25-15-9-7-10-16-25/h20-21,25-27H,1-19,22-24H2,(H,32,34)(H,33,35)(H2,38,39,40)/b21-20+/t27-/m0/s1. The van der Waals surface area contributed by atoms with Crippen LogP contribution in [-0.4, -0.2) is 64.9 Å². The molecule has 4 N–H and O–H groups in total. The smallest absolute Gasteiger partial charge is 0.462 e. The molecule has 2 rings (SSSR count). The molecule has 0 unspecified atom stereocenters. The molecular weight excluding hydrogens is 591 g/mol. The van der Waals surface area contributed by atoms with Gasteiger partial charge in [-0.25, -0.2) is 9.36 Å². The van der Waals surface area contributed by atoms with E-state index in [4.69, 9.17) is 19.3 Å². The molecule has 2 amide bonds. The number of phosphoric ester groups is 1. The van der Waals surface area contributed by atoms with Crippen molar-refractivity contribution in [2.24, 2.45) is 0 Å². The molecular formula is C31H53N2O10P. The van der Waals surface area contributed by atoms with Crippen molar-refractivity contribution in [3.8, 4) is 0 Å². The lowest BCUT2D eigenvalue weighted by Gasteiger charge is -2.25. The fourth-order valence-electron chi connectivity index (χ4n) is 5.48. The van der Waals surface area contributed by atoms with E-state index in [1.165, 1.54) is 0 Å². The first-order valence-electron chi connectivity index (χ1n) is 16.5. The highest BCUT2D eigenvalue weighted by molar-refractivity contribution is 7.46. The van der Waals surface area contributed by atoms with Gasteiger partial charge in [-0.15, -0.1) is 0 Å². The van der Waals surface area contributed by atoms with Crippen LogP contribution in [0.2, 0.25) is 0 Å². The second-order valence-corrected chi connectivity index (χ2v) is 13.1. The minimum atomic E-state index is -4.37. The van der Waals surface area contributed by atoms with Crippen molar-refractivity contribution >= 4 is 31.6 Å². The first-order chi connectivity index (χ1) is 21.1. The van der Waals surface area contributed by atoms with Crippen molar-refractivity contribution in [2.75, 3.05) is 13.2 Å². The van der Waals surface area contributed by atoms with Crippen LogP contribution in [0.15, 0.2) is 12.2 Å². The fraction of sp³-hybridized carbons (Fsp3) is 0.806. The predicted octanol–water partition coefficient (Wildman–Crippen LogP) is 4.91. The average molecular weight is 645 g/mol. The number of amides is 2. The van der Waals surface area contributed by atoms with E-state index in [1.807, 2.05) is 0 Å². The summed E-state index contributed by atoms with van der Waals surface area (Å²) >= 11 is 0. The molecule has 0 radical (unpaired) electrons. The van der Waals surface area contributed by atoms with Gasteiger partial charge in [-0.05, 0) is 70.6 Å². The van der Waals surface area contributed by atoms with E-state index in [0.29, 0.717) is 13.0 Å². The Balaban J connectivity index is 1.64. The molecule has 2 aliphatic carbocycles. The van der Waals surface area contributed by atoms with Gasteiger partial charge in [0.25, 0.3) is 0 Å². The van der Waals surface area contributed by atoms with Crippen LogP contribution in [0.25, 0.3) is 0 Å². The molecule has 0 heterocycles. The first kappa shape index (κ1) is 37.9. The van der Waals surface area contributed by atoms with Gasteiger partial charge in [0.05, 0.1) is 6.61 Å². The molecule has 2 aliphatic rings. The number of hydrogen-bond donors (Lipinski definition) is 4. The van der Waals surface area contributed by atoms with Crippen molar-refractivity contribution in [3.63, 3.8) is 0 Å². The Morgan fingerprint density at radius 2 is 1.25 bits per heavy atom. The third-order valence-electron chi connectivity index (χ3n) is 7.94. The Morgan fingerprint density at radius 1 is 0.727 bits per heavy atom. The van der Waals surface area contributed by atoms with Crippen LogP contribution in [0.3, 0.4) is 0 Å². The summed E-state index contributed by atoms with van der Waals surface area (Å²) in [6.45, 7) is 0.536. The molecule has 44 heavy (non-hydrogen) atoms. The van der Waals surface area contributed by atoms with Gasteiger partial charge in [0.2, 0.25) is 11.8 Å². The lowest BCUT2D eigenvalue weighted by molar-refractivity contribution is -0.155. The maximum Gasteiger partial charge on any atom is 0.469 e. The highest BCUT2D eigenvalue weighted by Gasteiger charge is 2.27. The third kappa shape index (κ3) is 19.2. The fourth-order valence-corrected chi connectivity index (χ4v) is 5.85. The summed E-state index contributed by atoms with van der Waals surface area (Å²) in [6, 6.07) is -1.01. The molecule has 0 aromatic heterocycles. The molecule has 13 heteroatoms. The summed E-state index contributed by atoms with van der Waals surface area (Å²) in [6.07, 6.45) is 18.8. The molecule has 1 atom stereocenters. The van der Waals surface area contributed by atoms with Crippen molar-refractivity contribution < 1.29 is 47.5 Å². The van der Waals surface area contributed by atoms with Crippen LogP contribution < -0.4 is 10.6 Å². The molecule has 0 spiro atoms. The number of carbonyl (C=O) groups excluding carboxylic acids is 4. The highest BCUT2D eigenvalue weighted by Crippen LogP contribution is 2.35. The average Bonchev–Trinajstić information content (AvgIpc) is 2.99. The van der Waals surface area contributed by atoms with Crippen molar-refractivity contribution in [2.45, 2.75) is 147 Å². The number of rotatable bonds is 21. The number of ether oxygens (including phenoxy) is 2. The summed E-state index contributed by atoms with van der Waals surface area (Å²) in [5.41, 5.74) is 0. The van der Waals surface area contributed by atoms with E-state index in [1.54, 1.807) is 0 Å². The zero-order valence-electron chi connectivity index (χ0n) is 26.1. The summed E-state index contributed by atoms with van der Waals surface area (Å²) in [5.74, 6) is -1.97. The topological polar surface area (TPSA) is 178 Å². The monoisotopic (exact) mass is 644 g/mol. The van der Waals surface area contributed by atoms with Gasteiger partial charge in [0, 0.05) is 25.1 Å². The number of nitrogens with one attached hydrogen (secondary N) is 2. The largest absolute Gasteiger partial charge is 0.469 e. The van der Waals surface area contributed by atoms with Gasteiger partial charge in [0.15, 0.2) is 0 Å². The van der Waals surface area contributed by atoms with Gasteiger partial charge in [-0.2, -0.15) is 0 Å². The maximum absolute atomic E-state index is 12.9. The Bertz CT molecular complexity index is 942. The molecule has 0 saturated heterocycles. The van der Waals surface area contributed by atoms with E-state index < -0.39 is 31.6 Å². The molecule has 2 saturated carbocycles. The van der Waals surface area contributed by atoms with E-state index in [2.05, 4.69) is 15.2 Å². The normalized spacial score (nSPS) is 17.2. The van der Waals surface area contributed by atoms with Crippen LogP contribution in [-0.2, 0) is 37.7 Å². The van der Waals surface area contributed by atoms with Gasteiger partial charge in [-0.1, -0.05) is 51.4 Å². The van der Waals surface area contributed by atoms with E-state index in [9.17, 15) is 23.7 Å². The summed E-state index contributed by atoms with van der Waals surface area (Å²) in [5, 5.41) is 5.36. The minimum absolute atomic E-state index is 0.0141. The highest BCUT2D eigenvalue weighted by atomic mass is 31.2. The Hall–Kier alpha value is -2.27. The van der Waals surface area contributed by atoms with Gasteiger partial charge in [-0.3, -0.25) is 18.9 Å². The summed E-state index contributed by atoms with van der Waals surface area (Å²) in [7, 11) is -4.37. The minimum Gasteiger partial charge on any atom is -0.462 e. The number of carbonyl (C=O) groups is 4. The van der Waals surface area contributed by atoms with E-state index >= 15 is 0 Å². The molecule has 0 aromatic carbocycles. The van der Waals surface area contributed by atoms with Crippen molar-refractivity contribution in [1.82, 2.24) is 10.6 Å². The van der Waals surface area contributed by atoms with E-state index in [-0.39, 0.29) is 37.6 Å². The Kier molecular flexibility index (Phi) is 19.2. The Labute approximate surface area is 261 Å². The molecule has 0 aromatic rings. The van der Waals surface area contributed by atoms with Gasteiger partial charge < -0.3 is 29.9 Å². The lowest BCUT2D eigenvalue weighted by Crippen LogP contribution is -2.43. The second-order valence-electron chi connectivity index (χ2n) is 11.8. The third-order valence-corrected chi connectivity index (χ3v) is 8.46. The quantitative estimate of drug-likeness (QED) is 0.0581. The van der Waals surface area contributed by atoms with Crippen LogP contribution in [0, 0.1) is 0 Å². The van der Waals surface area contributed by atoms with Crippen molar-refractivity contribution in [3.05, 3.63) is 12.2 Å². The number of phosphoric acid groups is 1. The molecule has 2 fully saturated rings. The maximum atomic E-state index is 12.9. The SMILES string of the molecule is O=C(/C=C/C(=O)N[C@@H](CCC(=O)OC1CCCCC1)C(=O)OC1CCCCC1)NCCCCCCCCCCOP(=O)(O)O. The zero-order chi connectivity index (χ0) is 32.0. The molecule has 12 nitrogen and oxygen atoms in total. The number of esters is 2. The predicted molar refractivity (Wildman–Crippen MR) is 164 cm³/mol.